The van der Waals surface area contributed by atoms with Gasteiger partial charge < -0.3 is 19.0 Å². The monoisotopic (exact) mass is 431 g/mol. The molecule has 1 unspecified atom stereocenters. The highest BCUT2D eigenvalue weighted by atomic mass is 16.5. The zero-order chi connectivity index (χ0) is 22.3. The molecule has 0 saturated carbocycles. The van der Waals surface area contributed by atoms with Crippen LogP contribution in [0, 0.1) is 0 Å². The molecule has 0 bridgehead atoms. The lowest BCUT2D eigenvalue weighted by molar-refractivity contribution is 0.0921. The molecule has 0 aliphatic rings. The summed E-state index contributed by atoms with van der Waals surface area (Å²) in [5, 5.41) is 2.89. The normalized spacial score (nSPS) is 12.1. The van der Waals surface area contributed by atoms with Crippen LogP contribution in [-0.2, 0) is 13.1 Å². The van der Waals surface area contributed by atoms with Gasteiger partial charge in [0, 0.05) is 6.54 Å². The van der Waals surface area contributed by atoms with Crippen molar-refractivity contribution in [3.8, 4) is 5.75 Å². The molecule has 0 fully saturated rings. The van der Waals surface area contributed by atoms with Crippen LogP contribution >= 0.6 is 0 Å². The second kappa shape index (κ2) is 10.2. The first-order valence-corrected chi connectivity index (χ1v) is 11.1. The van der Waals surface area contributed by atoms with Gasteiger partial charge in [0.2, 0.25) is 0 Å². The number of nitrogens with zero attached hydrogens (tertiary/aromatic N) is 2. The van der Waals surface area contributed by atoms with Gasteiger partial charge in [-0.15, -0.1) is 0 Å². The van der Waals surface area contributed by atoms with Crippen LogP contribution < -0.4 is 10.1 Å². The lowest BCUT2D eigenvalue weighted by Crippen LogP contribution is -2.24. The molecule has 0 spiro atoms. The van der Waals surface area contributed by atoms with Gasteiger partial charge in [0.05, 0.1) is 30.4 Å². The fourth-order valence-corrected chi connectivity index (χ4v) is 3.71. The third-order valence-electron chi connectivity index (χ3n) is 5.74. The molecule has 6 nitrogen and oxygen atoms in total. The Bertz CT molecular complexity index is 1150. The Balaban J connectivity index is 1.37. The van der Waals surface area contributed by atoms with Gasteiger partial charge >= 0.3 is 0 Å². The van der Waals surface area contributed by atoms with Crippen molar-refractivity contribution >= 4 is 16.9 Å². The van der Waals surface area contributed by atoms with Crippen molar-refractivity contribution in [2.45, 2.75) is 45.7 Å². The fourth-order valence-electron chi connectivity index (χ4n) is 3.71. The summed E-state index contributed by atoms with van der Waals surface area (Å²) >= 11 is 0. The third kappa shape index (κ3) is 5.02. The molecule has 0 radical (unpaired) electrons. The topological polar surface area (TPSA) is 69.3 Å². The molecular weight excluding hydrogens is 402 g/mol. The number of benzene rings is 2. The van der Waals surface area contributed by atoms with E-state index in [4.69, 9.17) is 14.1 Å². The van der Waals surface area contributed by atoms with Crippen molar-refractivity contribution in [3.05, 3.63) is 84.1 Å². The Morgan fingerprint density at radius 1 is 1.12 bits per heavy atom. The standard InChI is InChI=1S/C26H29N3O3/c1-3-19(2)20-11-13-21(14-12-20)31-17-7-15-29-23-9-5-4-8-22(23)28-25(29)18-27-26(30)24-10-6-16-32-24/h4-6,8-14,16,19H,3,7,15,17-18H2,1-2H3,(H,27,30). The van der Waals surface area contributed by atoms with Crippen LogP contribution in [0.5, 0.6) is 5.75 Å². The highest BCUT2D eigenvalue weighted by molar-refractivity contribution is 5.91. The van der Waals surface area contributed by atoms with E-state index in [1.54, 1.807) is 12.1 Å². The van der Waals surface area contributed by atoms with E-state index in [0.29, 0.717) is 24.8 Å². The van der Waals surface area contributed by atoms with Gasteiger partial charge in [-0.25, -0.2) is 4.98 Å². The average Bonchev–Trinajstić information content (AvgIpc) is 3.49. The SMILES string of the molecule is CCC(C)c1ccc(OCCCn2c(CNC(=O)c3ccco3)nc3ccccc32)cc1. The average molecular weight is 432 g/mol. The maximum Gasteiger partial charge on any atom is 0.287 e. The highest BCUT2D eigenvalue weighted by Crippen LogP contribution is 2.22. The largest absolute Gasteiger partial charge is 0.494 e. The van der Waals surface area contributed by atoms with Crippen LogP contribution in [0.15, 0.2) is 71.3 Å². The minimum Gasteiger partial charge on any atom is -0.494 e. The number of carbonyl (C=O) groups is 1. The van der Waals surface area contributed by atoms with Crippen LogP contribution in [0.25, 0.3) is 11.0 Å². The third-order valence-corrected chi connectivity index (χ3v) is 5.74. The molecule has 2 heterocycles. The zero-order valence-electron chi connectivity index (χ0n) is 18.6. The van der Waals surface area contributed by atoms with Crippen molar-refractivity contribution in [2.24, 2.45) is 0 Å². The minimum absolute atomic E-state index is 0.252. The number of aromatic nitrogens is 2. The molecule has 4 rings (SSSR count). The first-order chi connectivity index (χ1) is 15.7. The number of furan rings is 1. The molecular formula is C26H29N3O3. The Morgan fingerprint density at radius 2 is 1.94 bits per heavy atom. The van der Waals surface area contributed by atoms with Crippen LogP contribution in [0.2, 0.25) is 0 Å². The second-order valence-corrected chi connectivity index (χ2v) is 7.91. The molecule has 0 saturated heterocycles. The number of nitrogens with one attached hydrogen (secondary N) is 1. The smallest absolute Gasteiger partial charge is 0.287 e. The predicted molar refractivity (Wildman–Crippen MR) is 125 cm³/mol. The summed E-state index contributed by atoms with van der Waals surface area (Å²) in [4.78, 5) is 17.0. The van der Waals surface area contributed by atoms with E-state index in [1.165, 1.54) is 11.8 Å². The van der Waals surface area contributed by atoms with Crippen molar-refractivity contribution in [3.63, 3.8) is 0 Å². The van der Waals surface area contributed by atoms with Crippen molar-refractivity contribution in [1.82, 2.24) is 14.9 Å². The minimum atomic E-state index is -0.252. The summed E-state index contributed by atoms with van der Waals surface area (Å²) in [7, 11) is 0. The second-order valence-electron chi connectivity index (χ2n) is 7.91. The number of amides is 1. The van der Waals surface area contributed by atoms with Gasteiger partial charge in [0.15, 0.2) is 5.76 Å². The molecule has 166 valence electrons. The molecule has 1 N–H and O–H groups in total. The van der Waals surface area contributed by atoms with Crippen molar-refractivity contribution in [1.29, 1.82) is 0 Å². The fraction of sp³-hybridized carbons (Fsp3) is 0.308. The molecule has 4 aromatic rings. The summed E-state index contributed by atoms with van der Waals surface area (Å²) in [5.74, 6) is 2.30. The van der Waals surface area contributed by atoms with Crippen LogP contribution in [0.3, 0.4) is 0 Å². The van der Waals surface area contributed by atoms with Gasteiger partial charge in [0.1, 0.15) is 11.6 Å². The number of fused-ring (bicyclic) bond motifs is 1. The number of carbonyl (C=O) groups excluding carboxylic acids is 1. The Kier molecular flexibility index (Phi) is 6.90. The Morgan fingerprint density at radius 3 is 2.69 bits per heavy atom. The number of ether oxygens (including phenoxy) is 1. The van der Waals surface area contributed by atoms with E-state index in [0.717, 1.165) is 42.0 Å². The Hall–Kier alpha value is -3.54. The van der Waals surface area contributed by atoms with Crippen molar-refractivity contribution < 1.29 is 13.9 Å². The van der Waals surface area contributed by atoms with E-state index in [2.05, 4.69) is 41.9 Å². The lowest BCUT2D eigenvalue weighted by Gasteiger charge is -2.12. The molecule has 32 heavy (non-hydrogen) atoms. The summed E-state index contributed by atoms with van der Waals surface area (Å²) in [6.45, 7) is 6.11. The van der Waals surface area contributed by atoms with E-state index in [1.807, 2.05) is 30.3 Å². The maximum atomic E-state index is 12.2. The number of imidazole rings is 1. The number of rotatable bonds is 10. The van der Waals surface area contributed by atoms with Gasteiger partial charge in [0.25, 0.3) is 5.91 Å². The van der Waals surface area contributed by atoms with Crippen LogP contribution in [-0.4, -0.2) is 22.1 Å². The lowest BCUT2D eigenvalue weighted by atomic mass is 9.99. The van der Waals surface area contributed by atoms with Gasteiger partial charge in [-0.05, 0) is 60.7 Å². The molecule has 0 aliphatic carbocycles. The van der Waals surface area contributed by atoms with E-state index >= 15 is 0 Å². The molecule has 2 aromatic carbocycles. The number of hydrogen-bond acceptors (Lipinski definition) is 4. The molecule has 1 amide bonds. The maximum absolute atomic E-state index is 12.2. The van der Waals surface area contributed by atoms with Gasteiger partial charge in [-0.2, -0.15) is 0 Å². The summed E-state index contributed by atoms with van der Waals surface area (Å²) in [6.07, 6.45) is 3.44. The van der Waals surface area contributed by atoms with Crippen LogP contribution in [0.4, 0.5) is 0 Å². The summed E-state index contributed by atoms with van der Waals surface area (Å²) < 4.78 is 13.3. The summed E-state index contributed by atoms with van der Waals surface area (Å²) in [5.41, 5.74) is 3.30. The predicted octanol–water partition coefficient (Wildman–Crippen LogP) is 5.54. The number of para-hydroxylation sites is 2. The molecule has 2 aromatic heterocycles. The van der Waals surface area contributed by atoms with Gasteiger partial charge in [-0.3, -0.25) is 4.79 Å². The van der Waals surface area contributed by atoms with Crippen LogP contribution in [0.1, 0.15) is 54.5 Å². The number of aryl methyl sites for hydroxylation is 1. The first kappa shape index (κ1) is 21.7. The van der Waals surface area contributed by atoms with E-state index < -0.39 is 0 Å². The first-order valence-electron chi connectivity index (χ1n) is 11.1. The molecule has 0 aliphatic heterocycles. The Labute approximate surface area is 188 Å². The molecule has 6 heteroatoms. The highest BCUT2D eigenvalue weighted by Gasteiger charge is 2.13. The summed E-state index contributed by atoms with van der Waals surface area (Å²) in [6, 6.07) is 19.7. The zero-order valence-corrected chi connectivity index (χ0v) is 18.6. The van der Waals surface area contributed by atoms with E-state index in [9.17, 15) is 4.79 Å². The van der Waals surface area contributed by atoms with Crippen molar-refractivity contribution in [2.75, 3.05) is 6.61 Å². The van der Waals surface area contributed by atoms with Gasteiger partial charge in [-0.1, -0.05) is 38.1 Å². The molecule has 1 atom stereocenters. The quantitative estimate of drug-likeness (QED) is 0.335. The number of hydrogen-bond donors (Lipinski definition) is 1. The van der Waals surface area contributed by atoms with E-state index in [-0.39, 0.29) is 5.91 Å².